The van der Waals surface area contributed by atoms with Gasteiger partial charge in [0.25, 0.3) is 0 Å². The van der Waals surface area contributed by atoms with Crippen molar-refractivity contribution in [1.29, 1.82) is 0 Å². The molecule has 1 aromatic carbocycles. The summed E-state index contributed by atoms with van der Waals surface area (Å²) in [4.78, 5) is 2.33. The number of likely N-dealkylation sites (N-methyl/N-ethyl adjacent to an activating group) is 1. The zero-order valence-electron chi connectivity index (χ0n) is 8.63. The summed E-state index contributed by atoms with van der Waals surface area (Å²) in [6.45, 7) is 2.26. The van der Waals surface area contributed by atoms with E-state index in [0.29, 0.717) is 6.04 Å². The largest absolute Gasteiger partial charge is 0.380 e. The van der Waals surface area contributed by atoms with Crippen molar-refractivity contribution in [2.75, 3.05) is 25.5 Å². The molecule has 2 rings (SSSR count). The normalized spacial score (nSPS) is 21.9. The molecule has 0 saturated carbocycles. The van der Waals surface area contributed by atoms with Gasteiger partial charge < -0.3 is 10.2 Å². The van der Waals surface area contributed by atoms with Crippen LogP contribution in [0.4, 0.5) is 5.69 Å². The third-order valence-corrected chi connectivity index (χ3v) is 3.61. The van der Waals surface area contributed by atoms with E-state index >= 15 is 0 Å². The summed E-state index contributed by atoms with van der Waals surface area (Å²) in [5, 5.41) is 4.28. The Bertz CT molecular complexity index is 356. The minimum absolute atomic E-state index is 0.532. The van der Waals surface area contributed by atoms with Gasteiger partial charge in [-0.05, 0) is 54.1 Å². The first-order valence-corrected chi connectivity index (χ1v) is 6.22. The molecule has 0 radical (unpaired) electrons. The molecule has 0 aromatic heterocycles. The summed E-state index contributed by atoms with van der Waals surface area (Å²) < 4.78 is 1.07. The second-order valence-corrected chi connectivity index (χ2v) is 5.31. The second kappa shape index (κ2) is 4.73. The molecule has 1 unspecified atom stereocenters. The molecular formula is C11H14BrClN2. The predicted molar refractivity (Wildman–Crippen MR) is 68.7 cm³/mol. The van der Waals surface area contributed by atoms with Crippen LogP contribution in [0.5, 0.6) is 0 Å². The van der Waals surface area contributed by atoms with E-state index in [1.165, 1.54) is 6.42 Å². The van der Waals surface area contributed by atoms with E-state index in [2.05, 4.69) is 33.2 Å². The summed E-state index contributed by atoms with van der Waals surface area (Å²) in [7, 11) is 2.15. The highest BCUT2D eigenvalue weighted by atomic mass is 79.9. The monoisotopic (exact) mass is 288 g/mol. The molecule has 0 spiro atoms. The average Bonchev–Trinajstić information content (AvgIpc) is 2.58. The number of hydrogen-bond acceptors (Lipinski definition) is 2. The maximum atomic E-state index is 5.96. The summed E-state index contributed by atoms with van der Waals surface area (Å²) in [5.41, 5.74) is 1.09. The van der Waals surface area contributed by atoms with Crippen LogP contribution in [0.2, 0.25) is 5.02 Å². The number of hydrogen-bond donors (Lipinski definition) is 1. The molecule has 4 heteroatoms. The molecule has 1 heterocycles. The van der Waals surface area contributed by atoms with Gasteiger partial charge in [0.05, 0.1) is 5.69 Å². The molecule has 0 bridgehead atoms. The van der Waals surface area contributed by atoms with Crippen molar-refractivity contribution in [3.63, 3.8) is 0 Å². The fraction of sp³-hybridized carbons (Fsp3) is 0.455. The molecule has 2 nitrogen and oxygen atoms in total. The molecule has 1 N–H and O–H groups in total. The molecule has 1 aliphatic rings. The lowest BCUT2D eigenvalue weighted by Crippen LogP contribution is -2.23. The van der Waals surface area contributed by atoms with E-state index in [1.807, 2.05) is 18.2 Å². The Morgan fingerprint density at radius 2 is 2.33 bits per heavy atom. The average molecular weight is 290 g/mol. The molecule has 1 atom stereocenters. The third kappa shape index (κ3) is 2.86. The Hall–Kier alpha value is -0.250. The van der Waals surface area contributed by atoms with E-state index in [0.717, 1.165) is 28.3 Å². The minimum atomic E-state index is 0.532. The van der Waals surface area contributed by atoms with Crippen LogP contribution in [0, 0.1) is 0 Å². The predicted octanol–water partition coefficient (Wildman–Crippen LogP) is 3.22. The zero-order valence-corrected chi connectivity index (χ0v) is 11.0. The number of nitrogens with zero attached hydrogens (tertiary/aromatic N) is 1. The van der Waals surface area contributed by atoms with Gasteiger partial charge in [0.2, 0.25) is 0 Å². The third-order valence-electron chi connectivity index (χ3n) is 2.68. The van der Waals surface area contributed by atoms with Crippen LogP contribution in [-0.2, 0) is 0 Å². The lowest BCUT2D eigenvalue weighted by atomic mass is 10.2. The number of rotatable bonds is 2. The van der Waals surface area contributed by atoms with Crippen LogP contribution >= 0.6 is 27.5 Å². The SMILES string of the molecule is CN1CCC(Nc2cc(Cl)ccc2Br)C1. The summed E-state index contributed by atoms with van der Waals surface area (Å²) in [6, 6.07) is 6.36. The van der Waals surface area contributed by atoms with Gasteiger partial charge >= 0.3 is 0 Å². The van der Waals surface area contributed by atoms with Crippen molar-refractivity contribution in [1.82, 2.24) is 4.90 Å². The molecule has 0 aliphatic carbocycles. The number of nitrogens with one attached hydrogen (secondary N) is 1. The highest BCUT2D eigenvalue weighted by Crippen LogP contribution is 2.27. The Balaban J connectivity index is 2.07. The van der Waals surface area contributed by atoms with Crippen LogP contribution in [0.1, 0.15) is 6.42 Å². The van der Waals surface area contributed by atoms with Gasteiger partial charge in [-0.25, -0.2) is 0 Å². The molecule has 1 aliphatic heterocycles. The van der Waals surface area contributed by atoms with E-state index in [1.54, 1.807) is 0 Å². The Morgan fingerprint density at radius 3 is 3.00 bits per heavy atom. The van der Waals surface area contributed by atoms with Crippen LogP contribution in [0.15, 0.2) is 22.7 Å². The van der Waals surface area contributed by atoms with Crippen molar-refractivity contribution >= 4 is 33.2 Å². The van der Waals surface area contributed by atoms with Crippen LogP contribution < -0.4 is 5.32 Å². The first-order valence-electron chi connectivity index (χ1n) is 5.05. The van der Waals surface area contributed by atoms with Gasteiger partial charge in [-0.1, -0.05) is 11.6 Å². The summed E-state index contributed by atoms with van der Waals surface area (Å²) in [6.07, 6.45) is 1.19. The minimum Gasteiger partial charge on any atom is -0.380 e. The fourth-order valence-electron chi connectivity index (χ4n) is 1.88. The number of likely N-dealkylation sites (tertiary alicyclic amines) is 1. The maximum Gasteiger partial charge on any atom is 0.0502 e. The molecule has 82 valence electrons. The maximum absolute atomic E-state index is 5.96. The first kappa shape index (κ1) is 11.2. The topological polar surface area (TPSA) is 15.3 Å². The van der Waals surface area contributed by atoms with Gasteiger partial charge in [-0.15, -0.1) is 0 Å². The molecular weight excluding hydrogens is 275 g/mol. The van der Waals surface area contributed by atoms with Crippen molar-refractivity contribution in [2.24, 2.45) is 0 Å². The fourth-order valence-corrected chi connectivity index (χ4v) is 2.41. The number of benzene rings is 1. The lowest BCUT2D eigenvalue weighted by Gasteiger charge is -2.15. The number of halogens is 2. The first-order chi connectivity index (χ1) is 7.15. The van der Waals surface area contributed by atoms with Gasteiger partial charge in [-0.3, -0.25) is 0 Å². The van der Waals surface area contributed by atoms with E-state index in [4.69, 9.17) is 11.6 Å². The van der Waals surface area contributed by atoms with E-state index < -0.39 is 0 Å². The van der Waals surface area contributed by atoms with Gasteiger partial charge in [-0.2, -0.15) is 0 Å². The van der Waals surface area contributed by atoms with E-state index in [-0.39, 0.29) is 0 Å². The lowest BCUT2D eigenvalue weighted by molar-refractivity contribution is 0.414. The molecule has 1 aromatic rings. The van der Waals surface area contributed by atoms with Crippen molar-refractivity contribution in [3.05, 3.63) is 27.7 Å². The van der Waals surface area contributed by atoms with Gasteiger partial charge in [0.15, 0.2) is 0 Å². The van der Waals surface area contributed by atoms with Crippen molar-refractivity contribution in [2.45, 2.75) is 12.5 Å². The van der Waals surface area contributed by atoms with Crippen LogP contribution in [0.25, 0.3) is 0 Å². The second-order valence-electron chi connectivity index (χ2n) is 4.02. The quantitative estimate of drug-likeness (QED) is 0.899. The highest BCUT2D eigenvalue weighted by molar-refractivity contribution is 9.10. The molecule has 1 saturated heterocycles. The van der Waals surface area contributed by atoms with Crippen molar-refractivity contribution < 1.29 is 0 Å². The Labute approximate surface area is 104 Å². The molecule has 0 amide bonds. The zero-order chi connectivity index (χ0) is 10.8. The van der Waals surface area contributed by atoms with Gasteiger partial charge in [0, 0.05) is 22.1 Å². The van der Waals surface area contributed by atoms with Crippen molar-refractivity contribution in [3.8, 4) is 0 Å². The highest BCUT2D eigenvalue weighted by Gasteiger charge is 2.19. The smallest absolute Gasteiger partial charge is 0.0502 e. The standard InChI is InChI=1S/C11H14BrClN2/c1-15-5-4-9(7-15)14-11-6-8(13)2-3-10(11)12/h2-3,6,9,14H,4-5,7H2,1H3. The van der Waals surface area contributed by atoms with Gasteiger partial charge in [0.1, 0.15) is 0 Å². The molecule has 15 heavy (non-hydrogen) atoms. The van der Waals surface area contributed by atoms with E-state index in [9.17, 15) is 0 Å². The summed E-state index contributed by atoms with van der Waals surface area (Å²) >= 11 is 9.48. The Kier molecular flexibility index (Phi) is 3.54. The number of anilines is 1. The summed E-state index contributed by atoms with van der Waals surface area (Å²) in [5.74, 6) is 0. The van der Waals surface area contributed by atoms with Crippen LogP contribution in [0.3, 0.4) is 0 Å². The molecule has 1 fully saturated rings. The Morgan fingerprint density at radius 1 is 1.53 bits per heavy atom. The van der Waals surface area contributed by atoms with Crippen LogP contribution in [-0.4, -0.2) is 31.1 Å².